The zero-order valence-electron chi connectivity index (χ0n) is 21.5. The highest BCUT2D eigenvalue weighted by Gasteiger charge is 2.53. The molecule has 2 aliphatic rings. The number of hydrogen-bond donors (Lipinski definition) is 1. The minimum Gasteiger partial charge on any atom is -0.356 e. The molecule has 0 bridgehead atoms. The Morgan fingerprint density at radius 2 is 1.66 bits per heavy atom. The van der Waals surface area contributed by atoms with Crippen LogP contribution in [0.3, 0.4) is 0 Å². The lowest BCUT2D eigenvalue weighted by Gasteiger charge is -2.55. The smallest absolute Gasteiger partial charge is 0.257 e. The van der Waals surface area contributed by atoms with E-state index in [0.29, 0.717) is 38.6 Å². The monoisotopic (exact) mass is 517 g/mol. The summed E-state index contributed by atoms with van der Waals surface area (Å²) in [5.41, 5.74) is 2.65. The average Bonchev–Trinajstić information content (AvgIpc) is 3.30. The SMILES string of the molecule is CN(C)C1(c2cccc(F)c2)CCC2(CC1)c1[nH]c3ccccc3c1CCN2C(=O)c1cccc(F)c1F. The Kier molecular flexibility index (Phi) is 5.87. The molecular weight excluding hydrogens is 487 g/mol. The fourth-order valence-corrected chi connectivity index (χ4v) is 6.91. The zero-order valence-corrected chi connectivity index (χ0v) is 21.5. The fourth-order valence-electron chi connectivity index (χ4n) is 6.91. The van der Waals surface area contributed by atoms with Gasteiger partial charge in [0.1, 0.15) is 5.82 Å². The van der Waals surface area contributed by atoms with Crippen LogP contribution in [0.4, 0.5) is 13.2 Å². The van der Waals surface area contributed by atoms with Gasteiger partial charge in [-0.15, -0.1) is 0 Å². The molecule has 0 unspecified atom stereocenters. The lowest BCUT2D eigenvalue weighted by molar-refractivity contribution is -0.0145. The Labute approximate surface area is 220 Å². The normalized spacial score (nSPS) is 23.3. The molecule has 0 saturated heterocycles. The van der Waals surface area contributed by atoms with E-state index in [9.17, 15) is 18.0 Å². The Morgan fingerprint density at radius 3 is 2.39 bits per heavy atom. The number of fused-ring (bicyclic) bond motifs is 4. The van der Waals surface area contributed by atoms with Gasteiger partial charge in [-0.05, 0) is 87.7 Å². The van der Waals surface area contributed by atoms with E-state index in [-0.39, 0.29) is 11.4 Å². The van der Waals surface area contributed by atoms with E-state index in [4.69, 9.17) is 0 Å². The van der Waals surface area contributed by atoms with Gasteiger partial charge < -0.3 is 9.88 Å². The molecule has 6 rings (SSSR count). The van der Waals surface area contributed by atoms with Crippen LogP contribution in [0.5, 0.6) is 0 Å². The molecule has 1 saturated carbocycles. The predicted octanol–water partition coefficient (Wildman–Crippen LogP) is 6.51. The molecule has 1 aromatic heterocycles. The molecular formula is C31H30F3N3O. The molecule has 4 nitrogen and oxygen atoms in total. The highest BCUT2D eigenvalue weighted by Crippen LogP contribution is 2.54. The van der Waals surface area contributed by atoms with Crippen molar-refractivity contribution in [2.75, 3.05) is 20.6 Å². The molecule has 0 atom stereocenters. The summed E-state index contributed by atoms with van der Waals surface area (Å²) >= 11 is 0. The first-order valence-electron chi connectivity index (χ1n) is 13.1. The van der Waals surface area contributed by atoms with E-state index in [1.807, 2.05) is 38.4 Å². The number of nitrogens with zero attached hydrogens (tertiary/aromatic N) is 2. The minimum absolute atomic E-state index is 0.251. The van der Waals surface area contributed by atoms with Crippen LogP contribution in [0.15, 0.2) is 66.7 Å². The van der Waals surface area contributed by atoms with Gasteiger partial charge in [0, 0.05) is 28.7 Å². The molecule has 38 heavy (non-hydrogen) atoms. The molecule has 1 aliphatic carbocycles. The maximum atomic E-state index is 14.8. The summed E-state index contributed by atoms with van der Waals surface area (Å²) in [6, 6.07) is 18.6. The third-order valence-corrected chi connectivity index (χ3v) is 8.93. The molecule has 1 spiro atoms. The van der Waals surface area contributed by atoms with Crippen LogP contribution >= 0.6 is 0 Å². The summed E-state index contributed by atoms with van der Waals surface area (Å²) < 4.78 is 43.3. The third-order valence-electron chi connectivity index (χ3n) is 8.93. The summed E-state index contributed by atoms with van der Waals surface area (Å²) in [6.45, 7) is 0.401. The molecule has 1 N–H and O–H groups in total. The third kappa shape index (κ3) is 3.59. The van der Waals surface area contributed by atoms with E-state index in [1.165, 1.54) is 23.8 Å². The summed E-state index contributed by atoms with van der Waals surface area (Å²) in [6.07, 6.45) is 3.11. The zero-order chi connectivity index (χ0) is 26.7. The lowest BCUT2D eigenvalue weighted by atomic mass is 9.65. The van der Waals surface area contributed by atoms with Crippen LogP contribution in [-0.2, 0) is 17.5 Å². The minimum atomic E-state index is -1.12. The van der Waals surface area contributed by atoms with E-state index >= 15 is 0 Å². The lowest BCUT2D eigenvalue weighted by Crippen LogP contribution is -2.58. The van der Waals surface area contributed by atoms with Gasteiger partial charge in [0.25, 0.3) is 5.91 Å². The molecule has 7 heteroatoms. The van der Waals surface area contributed by atoms with Crippen molar-refractivity contribution in [3.63, 3.8) is 0 Å². The predicted molar refractivity (Wildman–Crippen MR) is 141 cm³/mol. The maximum Gasteiger partial charge on any atom is 0.257 e. The average molecular weight is 518 g/mol. The second-order valence-electron chi connectivity index (χ2n) is 10.8. The molecule has 4 aromatic rings. The quantitative estimate of drug-likeness (QED) is 0.337. The van der Waals surface area contributed by atoms with Crippen molar-refractivity contribution in [1.29, 1.82) is 0 Å². The van der Waals surface area contributed by atoms with Crippen LogP contribution in [0.1, 0.15) is 52.9 Å². The van der Waals surface area contributed by atoms with Gasteiger partial charge in [-0.2, -0.15) is 0 Å². The molecule has 2 heterocycles. The van der Waals surface area contributed by atoms with Gasteiger partial charge in [-0.3, -0.25) is 9.69 Å². The first kappa shape index (κ1) is 24.7. The van der Waals surface area contributed by atoms with Crippen molar-refractivity contribution in [2.24, 2.45) is 0 Å². The first-order valence-corrected chi connectivity index (χ1v) is 13.1. The van der Waals surface area contributed by atoms with E-state index in [1.54, 1.807) is 17.0 Å². The molecule has 0 radical (unpaired) electrons. The molecule has 196 valence electrons. The summed E-state index contributed by atoms with van der Waals surface area (Å²) in [7, 11) is 4.01. The second-order valence-corrected chi connectivity index (χ2v) is 10.8. The number of H-pyrrole nitrogens is 1. The number of para-hydroxylation sites is 1. The largest absolute Gasteiger partial charge is 0.356 e. The number of halogens is 3. The van der Waals surface area contributed by atoms with Crippen molar-refractivity contribution in [2.45, 2.75) is 43.2 Å². The van der Waals surface area contributed by atoms with E-state index in [0.717, 1.165) is 28.2 Å². The van der Waals surface area contributed by atoms with Crippen molar-refractivity contribution >= 4 is 16.8 Å². The van der Waals surface area contributed by atoms with Gasteiger partial charge in [-0.25, -0.2) is 13.2 Å². The summed E-state index contributed by atoms with van der Waals surface area (Å²) in [5.74, 6) is -2.93. The number of aromatic amines is 1. The van der Waals surface area contributed by atoms with Crippen LogP contribution in [-0.4, -0.2) is 41.3 Å². The van der Waals surface area contributed by atoms with Crippen molar-refractivity contribution < 1.29 is 18.0 Å². The van der Waals surface area contributed by atoms with E-state index < -0.39 is 28.6 Å². The van der Waals surface area contributed by atoms with Crippen LogP contribution in [0.25, 0.3) is 10.9 Å². The summed E-state index contributed by atoms with van der Waals surface area (Å²) in [4.78, 5) is 21.4. The number of carbonyl (C=O) groups is 1. The van der Waals surface area contributed by atoms with Crippen molar-refractivity contribution in [3.8, 4) is 0 Å². The molecule has 1 amide bonds. The Morgan fingerprint density at radius 1 is 0.921 bits per heavy atom. The number of hydrogen-bond acceptors (Lipinski definition) is 2. The Bertz CT molecular complexity index is 1530. The van der Waals surface area contributed by atoms with Gasteiger partial charge in [0.2, 0.25) is 0 Å². The number of benzene rings is 3. The standard InChI is InChI=1S/C31H30F3N3O/c1-36(2)30(20-7-5-8-21(32)19-20)14-16-31(17-15-30)28-23(22-9-3-4-12-26(22)35-28)13-18-37(31)29(38)24-10-6-11-25(33)27(24)34/h3-12,19,35H,13-18H2,1-2H3. The fraction of sp³-hybridized carbons (Fsp3) is 0.323. The number of aromatic nitrogens is 1. The van der Waals surface area contributed by atoms with Crippen molar-refractivity contribution in [3.05, 3.63) is 107 Å². The highest BCUT2D eigenvalue weighted by molar-refractivity contribution is 5.96. The van der Waals surface area contributed by atoms with Crippen LogP contribution in [0.2, 0.25) is 0 Å². The van der Waals surface area contributed by atoms with Crippen LogP contribution in [0, 0.1) is 17.5 Å². The maximum absolute atomic E-state index is 14.8. The molecule has 1 fully saturated rings. The number of rotatable bonds is 3. The number of nitrogens with one attached hydrogen (secondary N) is 1. The topological polar surface area (TPSA) is 39.3 Å². The highest BCUT2D eigenvalue weighted by atomic mass is 19.2. The van der Waals surface area contributed by atoms with Crippen LogP contribution < -0.4 is 0 Å². The van der Waals surface area contributed by atoms with E-state index in [2.05, 4.69) is 16.0 Å². The summed E-state index contributed by atoms with van der Waals surface area (Å²) in [5, 5.41) is 1.13. The van der Waals surface area contributed by atoms with Gasteiger partial charge >= 0.3 is 0 Å². The number of carbonyl (C=O) groups excluding carboxylic acids is 1. The van der Waals surface area contributed by atoms with Gasteiger partial charge in [0.15, 0.2) is 11.6 Å². The first-order chi connectivity index (χ1) is 18.3. The Balaban J connectivity index is 1.48. The van der Waals surface area contributed by atoms with Gasteiger partial charge in [-0.1, -0.05) is 36.4 Å². The second kappa shape index (κ2) is 9.02. The van der Waals surface area contributed by atoms with Crippen molar-refractivity contribution in [1.82, 2.24) is 14.8 Å². The Hall–Kier alpha value is -3.58. The van der Waals surface area contributed by atoms with Gasteiger partial charge in [0.05, 0.1) is 11.1 Å². The molecule has 1 aliphatic heterocycles. The molecule has 3 aromatic carbocycles. The number of amides is 1.